The summed E-state index contributed by atoms with van der Waals surface area (Å²) in [5, 5.41) is 13.0. The second kappa shape index (κ2) is 15.2. The number of carboxylic acids is 1. The number of urea groups is 1. The van der Waals surface area contributed by atoms with Gasteiger partial charge in [0.25, 0.3) is 11.8 Å². The molecule has 0 aromatic heterocycles. The van der Waals surface area contributed by atoms with E-state index in [1.165, 1.54) is 0 Å². The second-order valence-corrected chi connectivity index (χ2v) is 12.1. The van der Waals surface area contributed by atoms with E-state index in [-0.39, 0.29) is 17.4 Å². The third-order valence-electron chi connectivity index (χ3n) is 7.39. The van der Waals surface area contributed by atoms with Gasteiger partial charge in [0.2, 0.25) is 0 Å². The van der Waals surface area contributed by atoms with Crippen molar-refractivity contribution in [1.29, 1.82) is 0 Å². The number of piperazine rings is 1. The molecule has 0 bridgehead atoms. The zero-order valence-electron chi connectivity index (χ0n) is 26.7. The summed E-state index contributed by atoms with van der Waals surface area (Å²) < 4.78 is 37.3. The summed E-state index contributed by atoms with van der Waals surface area (Å²) in [6.45, 7) is 9.06. The molecule has 1 aliphatic heterocycles. The number of nitrogens with two attached hydrogens (primary N) is 1. The first-order valence-electron chi connectivity index (χ1n) is 14.8. The van der Waals surface area contributed by atoms with Crippen LogP contribution in [-0.4, -0.2) is 83.7 Å². The standard InChI is InChI=1S/C31H39N5O4.C2HF3O2/c1-30(2,3)33-27(37)23-10-13-26(40-4)24(20-23)21-35-16-18-36(19-17-35)28(38)22-8-11-25(12-9-22)31(34-29(32)39)14-6-5-7-15-31;3-2(4,5)1(6)7/h5-14,20H,15-19,21H2,1-4H3,(H,33,37)(H3,32,34,39);(H,6,7). The number of alkyl halides is 3. The van der Waals surface area contributed by atoms with Crippen LogP contribution in [0.1, 0.15) is 59.0 Å². The van der Waals surface area contributed by atoms with Crippen LogP contribution in [0.3, 0.4) is 0 Å². The van der Waals surface area contributed by atoms with Gasteiger partial charge in [-0.15, -0.1) is 0 Å². The quantitative estimate of drug-likeness (QED) is 0.348. The van der Waals surface area contributed by atoms with Crippen LogP contribution in [0.25, 0.3) is 0 Å². The van der Waals surface area contributed by atoms with Gasteiger partial charge in [-0.05, 0) is 63.1 Å². The number of primary amides is 1. The van der Waals surface area contributed by atoms with Gasteiger partial charge >= 0.3 is 18.2 Å². The molecule has 2 aromatic rings. The van der Waals surface area contributed by atoms with Gasteiger partial charge in [0.05, 0.1) is 12.6 Å². The van der Waals surface area contributed by atoms with Crippen LogP contribution in [0.15, 0.2) is 66.8 Å². The lowest BCUT2D eigenvalue weighted by atomic mass is 9.83. The lowest BCUT2D eigenvalue weighted by Gasteiger charge is -2.35. The number of benzene rings is 2. The maximum absolute atomic E-state index is 13.3. The molecule has 1 aliphatic carbocycles. The molecule has 1 atom stereocenters. The normalized spacial score (nSPS) is 18.1. The van der Waals surface area contributed by atoms with Gasteiger partial charge in [-0.3, -0.25) is 14.5 Å². The fourth-order valence-corrected chi connectivity index (χ4v) is 5.12. The van der Waals surface area contributed by atoms with E-state index in [1.54, 1.807) is 25.3 Å². The fraction of sp³-hybridized carbons (Fsp3) is 0.394. The van der Waals surface area contributed by atoms with Crippen LogP contribution < -0.4 is 21.1 Å². The number of halogens is 3. The summed E-state index contributed by atoms with van der Waals surface area (Å²) in [6.07, 6.45) is 3.19. The Hall–Kier alpha value is -4.85. The highest BCUT2D eigenvalue weighted by Gasteiger charge is 2.38. The Morgan fingerprint density at radius 2 is 1.55 bits per heavy atom. The Labute approximate surface area is 271 Å². The smallest absolute Gasteiger partial charge is 0.490 e. The summed E-state index contributed by atoms with van der Waals surface area (Å²) in [7, 11) is 1.63. The molecule has 0 radical (unpaired) electrons. The van der Waals surface area contributed by atoms with Crippen LogP contribution in [0.2, 0.25) is 0 Å². The molecule has 254 valence electrons. The van der Waals surface area contributed by atoms with Crippen molar-refractivity contribution in [3.8, 4) is 5.75 Å². The molecule has 4 rings (SSSR count). The van der Waals surface area contributed by atoms with Crippen molar-refractivity contribution in [3.63, 3.8) is 0 Å². The zero-order chi connectivity index (χ0) is 35.0. The maximum atomic E-state index is 13.3. The van der Waals surface area contributed by atoms with Crippen molar-refractivity contribution in [2.75, 3.05) is 33.3 Å². The van der Waals surface area contributed by atoms with E-state index in [4.69, 9.17) is 20.4 Å². The van der Waals surface area contributed by atoms with Gasteiger partial charge in [0, 0.05) is 55.0 Å². The molecule has 1 fully saturated rings. The zero-order valence-corrected chi connectivity index (χ0v) is 26.7. The monoisotopic (exact) mass is 659 g/mol. The number of ether oxygens (including phenoxy) is 1. The molecule has 11 nitrogen and oxygen atoms in total. The minimum atomic E-state index is -5.08. The summed E-state index contributed by atoms with van der Waals surface area (Å²) in [5.41, 5.74) is 7.38. The Bertz CT molecular complexity index is 1510. The van der Waals surface area contributed by atoms with E-state index in [1.807, 2.05) is 74.2 Å². The Morgan fingerprint density at radius 3 is 2.04 bits per heavy atom. The molecular weight excluding hydrogens is 619 g/mol. The van der Waals surface area contributed by atoms with Gasteiger partial charge in [0.15, 0.2) is 0 Å². The number of carbonyl (C=O) groups excluding carboxylic acids is 3. The van der Waals surface area contributed by atoms with E-state index in [9.17, 15) is 27.6 Å². The highest BCUT2D eigenvalue weighted by atomic mass is 19.4. The van der Waals surface area contributed by atoms with Crippen molar-refractivity contribution in [2.45, 2.75) is 51.0 Å². The van der Waals surface area contributed by atoms with Crippen LogP contribution >= 0.6 is 0 Å². The topological polar surface area (TPSA) is 154 Å². The molecule has 0 saturated carbocycles. The van der Waals surface area contributed by atoms with Gasteiger partial charge in [-0.1, -0.05) is 36.4 Å². The van der Waals surface area contributed by atoms with Crippen molar-refractivity contribution < 1.29 is 42.2 Å². The molecule has 5 N–H and O–H groups in total. The molecular formula is C33H40F3N5O6. The van der Waals surface area contributed by atoms with E-state index < -0.39 is 23.7 Å². The number of aliphatic carboxylic acids is 1. The molecule has 4 amide bonds. The SMILES string of the molecule is COc1ccc(C(=O)NC(C)(C)C)cc1CN1CCN(C(=O)c2ccc(C3(NC(N)=O)C=CC=CC3)cc2)CC1.O=C(O)C(F)(F)F. The largest absolute Gasteiger partial charge is 0.496 e. The summed E-state index contributed by atoms with van der Waals surface area (Å²) in [5.74, 6) is -2.17. The highest BCUT2D eigenvalue weighted by Crippen LogP contribution is 2.30. The minimum absolute atomic E-state index is 0.0272. The van der Waals surface area contributed by atoms with Gasteiger partial charge < -0.3 is 31.1 Å². The van der Waals surface area contributed by atoms with Gasteiger partial charge in [-0.25, -0.2) is 9.59 Å². The number of nitrogens with one attached hydrogen (secondary N) is 2. The number of allylic oxidation sites excluding steroid dienone is 2. The van der Waals surface area contributed by atoms with Crippen molar-refractivity contribution in [2.24, 2.45) is 5.73 Å². The van der Waals surface area contributed by atoms with Gasteiger partial charge in [0.1, 0.15) is 5.75 Å². The number of amides is 4. The van der Waals surface area contributed by atoms with Gasteiger partial charge in [-0.2, -0.15) is 13.2 Å². The number of nitrogens with zero attached hydrogens (tertiary/aromatic N) is 2. The minimum Gasteiger partial charge on any atom is -0.496 e. The van der Waals surface area contributed by atoms with Crippen molar-refractivity contribution in [3.05, 3.63) is 89.0 Å². The number of carbonyl (C=O) groups is 4. The predicted molar refractivity (Wildman–Crippen MR) is 169 cm³/mol. The average Bonchev–Trinajstić information content (AvgIpc) is 3.00. The number of rotatable bonds is 7. The third kappa shape index (κ3) is 10.3. The first kappa shape index (κ1) is 36.6. The molecule has 1 heterocycles. The summed E-state index contributed by atoms with van der Waals surface area (Å²) in [4.78, 5) is 50.6. The Balaban J connectivity index is 0.000000771. The lowest BCUT2D eigenvalue weighted by molar-refractivity contribution is -0.192. The van der Waals surface area contributed by atoms with E-state index in [2.05, 4.69) is 15.5 Å². The molecule has 2 aliphatic rings. The van der Waals surface area contributed by atoms with Crippen molar-refractivity contribution in [1.82, 2.24) is 20.4 Å². The van der Waals surface area contributed by atoms with Crippen LogP contribution in [-0.2, 0) is 16.9 Å². The highest BCUT2D eigenvalue weighted by molar-refractivity contribution is 5.95. The predicted octanol–water partition coefficient (Wildman–Crippen LogP) is 4.19. The van der Waals surface area contributed by atoms with Crippen LogP contribution in [0, 0.1) is 0 Å². The maximum Gasteiger partial charge on any atom is 0.490 e. The third-order valence-corrected chi connectivity index (χ3v) is 7.39. The summed E-state index contributed by atoms with van der Waals surface area (Å²) in [6, 6.07) is 12.2. The lowest BCUT2D eigenvalue weighted by Crippen LogP contribution is -2.48. The van der Waals surface area contributed by atoms with E-state index in [0.717, 1.165) is 16.9 Å². The fourth-order valence-electron chi connectivity index (χ4n) is 5.12. The molecule has 47 heavy (non-hydrogen) atoms. The number of hydrogen-bond donors (Lipinski definition) is 4. The average molecular weight is 660 g/mol. The number of carboxylic acid groups (broad SMARTS) is 1. The second-order valence-electron chi connectivity index (χ2n) is 12.1. The van der Waals surface area contributed by atoms with Crippen molar-refractivity contribution >= 4 is 23.8 Å². The molecule has 1 unspecified atom stereocenters. The van der Waals surface area contributed by atoms with E-state index in [0.29, 0.717) is 50.3 Å². The van der Waals surface area contributed by atoms with Crippen LogP contribution in [0.4, 0.5) is 18.0 Å². The Kier molecular flexibility index (Phi) is 11.8. The number of methoxy groups -OCH3 is 1. The van der Waals surface area contributed by atoms with Crippen LogP contribution in [0.5, 0.6) is 5.75 Å². The molecule has 14 heteroatoms. The Morgan fingerprint density at radius 1 is 0.957 bits per heavy atom. The molecule has 2 aromatic carbocycles. The molecule has 1 saturated heterocycles. The first-order valence-corrected chi connectivity index (χ1v) is 14.8. The molecule has 0 spiro atoms. The summed E-state index contributed by atoms with van der Waals surface area (Å²) >= 11 is 0. The number of hydrogen-bond acceptors (Lipinski definition) is 6. The first-order chi connectivity index (χ1) is 21.9. The van der Waals surface area contributed by atoms with E-state index >= 15 is 0 Å².